The zero-order chi connectivity index (χ0) is 16.5. The first-order chi connectivity index (χ1) is 10.5. The van der Waals surface area contributed by atoms with Gasteiger partial charge in [-0.05, 0) is 36.0 Å². The highest BCUT2D eigenvalue weighted by atomic mass is 16.5. The molecule has 0 heterocycles. The fourth-order valence-corrected chi connectivity index (χ4v) is 2.77. The Labute approximate surface area is 136 Å². The fraction of sp³-hybridized carbons (Fsp3) is 0.684. The van der Waals surface area contributed by atoms with Crippen molar-refractivity contribution < 1.29 is 4.74 Å². The molecule has 0 fully saturated rings. The standard InChI is InChI=1S/C19H34N2O/c1-6-11-22-18-9-7-17(8-10-18)19(12-20)21(13-15(2)3)14-16(4)5/h7-10,15-16,19H,6,11-14,20H2,1-5H3. The number of nitrogens with zero attached hydrogens (tertiary/aromatic N) is 1. The van der Waals surface area contributed by atoms with Crippen LogP contribution in [0.15, 0.2) is 24.3 Å². The van der Waals surface area contributed by atoms with E-state index >= 15 is 0 Å². The smallest absolute Gasteiger partial charge is 0.119 e. The minimum absolute atomic E-state index is 0.282. The lowest BCUT2D eigenvalue weighted by atomic mass is 10.0. The molecule has 1 aromatic carbocycles. The summed E-state index contributed by atoms with van der Waals surface area (Å²) in [6.07, 6.45) is 1.03. The number of rotatable bonds is 10. The first-order valence-corrected chi connectivity index (χ1v) is 8.64. The van der Waals surface area contributed by atoms with E-state index in [2.05, 4.69) is 63.8 Å². The molecule has 126 valence electrons. The maximum Gasteiger partial charge on any atom is 0.119 e. The third-order valence-electron chi connectivity index (χ3n) is 3.60. The molecule has 0 saturated heterocycles. The molecule has 0 aliphatic carbocycles. The summed E-state index contributed by atoms with van der Waals surface area (Å²) in [5.41, 5.74) is 7.39. The van der Waals surface area contributed by atoms with Gasteiger partial charge in [0.1, 0.15) is 5.75 Å². The first-order valence-electron chi connectivity index (χ1n) is 8.64. The Hall–Kier alpha value is -1.06. The van der Waals surface area contributed by atoms with Crippen LogP contribution in [0.5, 0.6) is 5.75 Å². The van der Waals surface area contributed by atoms with Crippen LogP contribution in [0.3, 0.4) is 0 Å². The third-order valence-corrected chi connectivity index (χ3v) is 3.60. The average Bonchev–Trinajstić information content (AvgIpc) is 2.46. The number of hydrogen-bond donors (Lipinski definition) is 1. The van der Waals surface area contributed by atoms with E-state index in [0.717, 1.165) is 31.9 Å². The van der Waals surface area contributed by atoms with E-state index in [9.17, 15) is 0 Å². The maximum absolute atomic E-state index is 6.10. The van der Waals surface area contributed by atoms with E-state index in [1.54, 1.807) is 0 Å². The third kappa shape index (κ3) is 6.37. The van der Waals surface area contributed by atoms with Crippen LogP contribution in [-0.2, 0) is 0 Å². The molecule has 0 radical (unpaired) electrons. The van der Waals surface area contributed by atoms with Gasteiger partial charge in [0.2, 0.25) is 0 Å². The topological polar surface area (TPSA) is 38.5 Å². The highest BCUT2D eigenvalue weighted by Crippen LogP contribution is 2.24. The summed E-state index contributed by atoms with van der Waals surface area (Å²) in [5, 5.41) is 0. The quantitative estimate of drug-likeness (QED) is 0.707. The summed E-state index contributed by atoms with van der Waals surface area (Å²) >= 11 is 0. The van der Waals surface area contributed by atoms with E-state index in [1.807, 2.05) is 0 Å². The van der Waals surface area contributed by atoms with Crippen molar-refractivity contribution in [3.8, 4) is 5.75 Å². The van der Waals surface area contributed by atoms with Gasteiger partial charge >= 0.3 is 0 Å². The molecular formula is C19H34N2O. The van der Waals surface area contributed by atoms with Gasteiger partial charge in [0, 0.05) is 25.7 Å². The SMILES string of the molecule is CCCOc1ccc(C(CN)N(CC(C)C)CC(C)C)cc1. The molecule has 22 heavy (non-hydrogen) atoms. The van der Waals surface area contributed by atoms with E-state index in [4.69, 9.17) is 10.5 Å². The molecule has 0 aliphatic rings. The van der Waals surface area contributed by atoms with Crippen LogP contribution in [0.2, 0.25) is 0 Å². The van der Waals surface area contributed by atoms with Gasteiger partial charge in [-0.15, -0.1) is 0 Å². The Morgan fingerprint density at radius 1 is 1.00 bits per heavy atom. The zero-order valence-electron chi connectivity index (χ0n) is 15.0. The Bertz CT molecular complexity index is 390. The van der Waals surface area contributed by atoms with E-state index in [-0.39, 0.29) is 6.04 Å². The lowest BCUT2D eigenvalue weighted by Gasteiger charge is -2.34. The normalized spacial score (nSPS) is 13.1. The van der Waals surface area contributed by atoms with Gasteiger partial charge in [0.15, 0.2) is 0 Å². The number of nitrogens with two attached hydrogens (primary N) is 1. The number of hydrogen-bond acceptors (Lipinski definition) is 3. The zero-order valence-corrected chi connectivity index (χ0v) is 15.0. The van der Waals surface area contributed by atoms with Crippen LogP contribution in [0.1, 0.15) is 52.6 Å². The monoisotopic (exact) mass is 306 g/mol. The summed E-state index contributed by atoms with van der Waals surface area (Å²) in [5.74, 6) is 2.22. The van der Waals surface area contributed by atoms with Crippen molar-refractivity contribution in [2.75, 3.05) is 26.2 Å². The van der Waals surface area contributed by atoms with Crippen LogP contribution in [0.4, 0.5) is 0 Å². The Morgan fingerprint density at radius 2 is 1.55 bits per heavy atom. The fourth-order valence-electron chi connectivity index (χ4n) is 2.77. The maximum atomic E-state index is 6.10. The van der Waals surface area contributed by atoms with Crippen molar-refractivity contribution in [2.24, 2.45) is 17.6 Å². The van der Waals surface area contributed by atoms with Crippen LogP contribution in [-0.4, -0.2) is 31.1 Å². The molecule has 1 rings (SSSR count). The molecule has 0 bridgehead atoms. The van der Waals surface area contributed by atoms with Gasteiger partial charge in [-0.3, -0.25) is 4.90 Å². The van der Waals surface area contributed by atoms with Gasteiger partial charge in [-0.25, -0.2) is 0 Å². The molecule has 0 aromatic heterocycles. The van der Waals surface area contributed by atoms with E-state index in [1.165, 1.54) is 5.56 Å². The Kier molecular flexibility index (Phi) is 8.51. The van der Waals surface area contributed by atoms with E-state index in [0.29, 0.717) is 18.4 Å². The molecule has 1 unspecified atom stereocenters. The predicted octanol–water partition coefficient (Wildman–Crippen LogP) is 4.09. The van der Waals surface area contributed by atoms with Crippen molar-refractivity contribution in [3.05, 3.63) is 29.8 Å². The highest BCUT2D eigenvalue weighted by molar-refractivity contribution is 5.29. The molecule has 0 spiro atoms. The van der Waals surface area contributed by atoms with Gasteiger partial charge in [-0.1, -0.05) is 46.8 Å². The van der Waals surface area contributed by atoms with E-state index < -0.39 is 0 Å². The summed E-state index contributed by atoms with van der Waals surface area (Å²) in [4.78, 5) is 2.53. The number of ether oxygens (including phenoxy) is 1. The summed E-state index contributed by atoms with van der Waals surface area (Å²) in [6, 6.07) is 8.74. The minimum Gasteiger partial charge on any atom is -0.494 e. The molecule has 0 saturated carbocycles. The van der Waals surface area contributed by atoms with Gasteiger partial charge in [0.05, 0.1) is 6.61 Å². The predicted molar refractivity (Wildman–Crippen MR) is 95.3 cm³/mol. The molecule has 0 amide bonds. The molecule has 1 atom stereocenters. The molecule has 3 heteroatoms. The minimum atomic E-state index is 0.282. The summed E-state index contributed by atoms with van der Waals surface area (Å²) in [6.45, 7) is 14.8. The summed E-state index contributed by atoms with van der Waals surface area (Å²) < 4.78 is 5.67. The average molecular weight is 306 g/mol. The second-order valence-corrected chi connectivity index (χ2v) is 6.91. The van der Waals surface area contributed by atoms with Crippen molar-refractivity contribution >= 4 is 0 Å². The Balaban J connectivity index is 2.85. The summed E-state index contributed by atoms with van der Waals surface area (Å²) in [7, 11) is 0. The van der Waals surface area contributed by atoms with Gasteiger partial charge in [0.25, 0.3) is 0 Å². The molecular weight excluding hydrogens is 272 g/mol. The molecule has 3 nitrogen and oxygen atoms in total. The van der Waals surface area contributed by atoms with Crippen LogP contribution in [0.25, 0.3) is 0 Å². The van der Waals surface area contributed by atoms with Crippen LogP contribution in [0, 0.1) is 11.8 Å². The second-order valence-electron chi connectivity index (χ2n) is 6.91. The molecule has 2 N–H and O–H groups in total. The Morgan fingerprint density at radius 3 is 1.95 bits per heavy atom. The van der Waals surface area contributed by atoms with Crippen molar-refractivity contribution in [1.29, 1.82) is 0 Å². The largest absolute Gasteiger partial charge is 0.494 e. The lowest BCUT2D eigenvalue weighted by Crippen LogP contribution is -2.38. The highest BCUT2D eigenvalue weighted by Gasteiger charge is 2.20. The van der Waals surface area contributed by atoms with Crippen molar-refractivity contribution in [2.45, 2.75) is 47.1 Å². The van der Waals surface area contributed by atoms with Gasteiger partial charge < -0.3 is 10.5 Å². The second kappa shape index (κ2) is 9.86. The van der Waals surface area contributed by atoms with Crippen LogP contribution >= 0.6 is 0 Å². The van der Waals surface area contributed by atoms with Gasteiger partial charge in [-0.2, -0.15) is 0 Å². The van der Waals surface area contributed by atoms with Crippen molar-refractivity contribution in [3.63, 3.8) is 0 Å². The molecule has 1 aromatic rings. The number of benzene rings is 1. The van der Waals surface area contributed by atoms with Crippen LogP contribution < -0.4 is 10.5 Å². The first kappa shape index (κ1) is 19.0. The lowest BCUT2D eigenvalue weighted by molar-refractivity contribution is 0.160. The van der Waals surface area contributed by atoms with Crippen molar-refractivity contribution in [1.82, 2.24) is 4.90 Å². The molecule has 0 aliphatic heterocycles.